The molecule has 0 saturated heterocycles. The number of aryl methyl sites for hydroxylation is 1. The molecule has 0 amide bonds. The van der Waals surface area contributed by atoms with Crippen LogP contribution in [0.2, 0.25) is 0 Å². The van der Waals surface area contributed by atoms with E-state index in [0.29, 0.717) is 5.69 Å². The lowest BCUT2D eigenvalue weighted by atomic mass is 10.0. The van der Waals surface area contributed by atoms with Crippen molar-refractivity contribution in [1.82, 2.24) is 9.97 Å². The second kappa shape index (κ2) is 7.13. The van der Waals surface area contributed by atoms with E-state index in [-0.39, 0.29) is 0 Å². The quantitative estimate of drug-likeness (QED) is 0.512. The zero-order valence-electron chi connectivity index (χ0n) is 13.2. The predicted molar refractivity (Wildman–Crippen MR) is 96.0 cm³/mol. The molecule has 0 unspecified atom stereocenters. The molecule has 0 saturated carbocycles. The SMILES string of the molecule is Cc1cc(C#Cc2ccncc2)c(N)c(C#Cc2ccncc2)c1. The Morgan fingerprint density at radius 3 is 1.54 bits per heavy atom. The Kier molecular flexibility index (Phi) is 4.56. The average molecular weight is 309 g/mol. The fourth-order valence-corrected chi connectivity index (χ4v) is 2.15. The van der Waals surface area contributed by atoms with E-state index in [9.17, 15) is 0 Å². The van der Waals surface area contributed by atoms with E-state index in [4.69, 9.17) is 5.73 Å². The number of hydrogen-bond donors (Lipinski definition) is 1. The van der Waals surface area contributed by atoms with Crippen molar-refractivity contribution in [2.75, 3.05) is 5.73 Å². The molecular formula is C21H15N3. The number of benzene rings is 1. The minimum Gasteiger partial charge on any atom is -0.397 e. The minimum absolute atomic E-state index is 0.601. The highest BCUT2D eigenvalue weighted by molar-refractivity contribution is 5.68. The maximum atomic E-state index is 6.25. The summed E-state index contributed by atoms with van der Waals surface area (Å²) in [7, 11) is 0. The molecule has 3 rings (SSSR count). The third-order valence-electron chi connectivity index (χ3n) is 3.37. The molecule has 0 spiro atoms. The zero-order valence-corrected chi connectivity index (χ0v) is 13.2. The van der Waals surface area contributed by atoms with Gasteiger partial charge in [-0.25, -0.2) is 0 Å². The summed E-state index contributed by atoms with van der Waals surface area (Å²) in [5.41, 5.74) is 11.3. The van der Waals surface area contributed by atoms with Crippen LogP contribution in [0.1, 0.15) is 27.8 Å². The van der Waals surface area contributed by atoms with Gasteiger partial charge in [0.05, 0.1) is 5.69 Å². The molecule has 2 heterocycles. The van der Waals surface area contributed by atoms with Gasteiger partial charge < -0.3 is 5.73 Å². The van der Waals surface area contributed by atoms with Gasteiger partial charge in [-0.1, -0.05) is 23.7 Å². The first-order valence-corrected chi connectivity index (χ1v) is 7.46. The van der Waals surface area contributed by atoms with Crippen molar-refractivity contribution in [2.24, 2.45) is 0 Å². The predicted octanol–water partition coefficient (Wildman–Crippen LogP) is 3.17. The Labute approximate surface area is 141 Å². The van der Waals surface area contributed by atoms with E-state index >= 15 is 0 Å². The van der Waals surface area contributed by atoms with Gasteiger partial charge in [0, 0.05) is 47.0 Å². The molecule has 0 bridgehead atoms. The maximum Gasteiger partial charge on any atom is 0.0632 e. The molecule has 24 heavy (non-hydrogen) atoms. The zero-order chi connectivity index (χ0) is 16.8. The van der Waals surface area contributed by atoms with Crippen LogP contribution in [0.4, 0.5) is 5.69 Å². The van der Waals surface area contributed by atoms with Gasteiger partial charge in [0.25, 0.3) is 0 Å². The van der Waals surface area contributed by atoms with E-state index < -0.39 is 0 Å². The number of nitrogen functional groups attached to an aromatic ring is 1. The molecule has 0 aliphatic carbocycles. The van der Waals surface area contributed by atoms with E-state index in [0.717, 1.165) is 27.8 Å². The summed E-state index contributed by atoms with van der Waals surface area (Å²) in [6, 6.07) is 11.4. The van der Waals surface area contributed by atoms with Gasteiger partial charge >= 0.3 is 0 Å². The Morgan fingerprint density at radius 2 is 1.12 bits per heavy atom. The first-order valence-electron chi connectivity index (χ1n) is 7.46. The maximum absolute atomic E-state index is 6.25. The minimum atomic E-state index is 0.601. The number of anilines is 1. The molecule has 2 N–H and O–H groups in total. The lowest BCUT2D eigenvalue weighted by molar-refractivity contribution is 1.32. The van der Waals surface area contributed by atoms with Crippen LogP contribution >= 0.6 is 0 Å². The summed E-state index contributed by atoms with van der Waals surface area (Å²) in [6.07, 6.45) is 6.87. The van der Waals surface area contributed by atoms with E-state index in [1.165, 1.54) is 0 Å². The third-order valence-corrected chi connectivity index (χ3v) is 3.37. The van der Waals surface area contributed by atoms with E-state index in [1.807, 2.05) is 43.3 Å². The molecular weight excluding hydrogens is 294 g/mol. The number of rotatable bonds is 0. The van der Waals surface area contributed by atoms with Crippen molar-refractivity contribution in [3.63, 3.8) is 0 Å². The smallest absolute Gasteiger partial charge is 0.0632 e. The number of hydrogen-bond acceptors (Lipinski definition) is 3. The van der Waals surface area contributed by atoms with Crippen LogP contribution < -0.4 is 5.73 Å². The summed E-state index contributed by atoms with van der Waals surface area (Å²) in [5, 5.41) is 0. The van der Waals surface area contributed by atoms with Crippen molar-refractivity contribution in [3.8, 4) is 23.7 Å². The molecule has 3 nitrogen and oxygen atoms in total. The fraction of sp³-hybridized carbons (Fsp3) is 0.0476. The Balaban J connectivity index is 1.97. The summed E-state index contributed by atoms with van der Waals surface area (Å²) in [4.78, 5) is 7.97. The fourth-order valence-electron chi connectivity index (χ4n) is 2.15. The Hall–Kier alpha value is -3.56. The normalized spacial score (nSPS) is 9.38. The van der Waals surface area contributed by atoms with Gasteiger partial charge in [0.15, 0.2) is 0 Å². The summed E-state index contributed by atoms with van der Waals surface area (Å²) in [5.74, 6) is 12.5. The number of aromatic nitrogens is 2. The van der Waals surface area contributed by atoms with E-state index in [2.05, 4.69) is 33.6 Å². The largest absolute Gasteiger partial charge is 0.397 e. The van der Waals surface area contributed by atoms with E-state index in [1.54, 1.807) is 24.8 Å². The molecule has 1 aromatic carbocycles. The summed E-state index contributed by atoms with van der Waals surface area (Å²) >= 11 is 0. The molecule has 3 heteroatoms. The standard InChI is InChI=1S/C21H15N3/c1-16-14-19(4-2-17-6-10-23-11-7-17)21(22)20(15-16)5-3-18-8-12-24-13-9-18/h6-15H,22H2,1H3. The van der Waals surface area contributed by atoms with Crippen molar-refractivity contribution in [2.45, 2.75) is 6.92 Å². The van der Waals surface area contributed by atoms with Crippen LogP contribution in [0.5, 0.6) is 0 Å². The molecule has 3 aromatic rings. The van der Waals surface area contributed by atoms with Crippen molar-refractivity contribution in [1.29, 1.82) is 0 Å². The van der Waals surface area contributed by atoms with Crippen LogP contribution in [-0.2, 0) is 0 Å². The highest BCUT2D eigenvalue weighted by Crippen LogP contribution is 2.19. The van der Waals surface area contributed by atoms with Gasteiger partial charge in [0.2, 0.25) is 0 Å². The second-order valence-corrected chi connectivity index (χ2v) is 5.25. The van der Waals surface area contributed by atoms with Gasteiger partial charge in [-0.15, -0.1) is 0 Å². The van der Waals surface area contributed by atoms with Crippen LogP contribution in [0.15, 0.2) is 61.2 Å². The average Bonchev–Trinajstić information content (AvgIpc) is 2.62. The molecule has 114 valence electrons. The highest BCUT2D eigenvalue weighted by Gasteiger charge is 2.03. The number of nitrogens with two attached hydrogens (primary N) is 1. The van der Waals surface area contributed by atoms with Crippen LogP contribution in [0.3, 0.4) is 0 Å². The number of pyridine rings is 2. The molecule has 0 aliphatic heterocycles. The number of nitrogens with zero attached hydrogens (tertiary/aromatic N) is 2. The van der Waals surface area contributed by atoms with Gasteiger partial charge in [-0.2, -0.15) is 0 Å². The van der Waals surface area contributed by atoms with Crippen molar-refractivity contribution in [3.05, 3.63) is 89.0 Å². The van der Waals surface area contributed by atoms with Gasteiger partial charge in [-0.05, 0) is 48.9 Å². The lowest BCUT2D eigenvalue weighted by Gasteiger charge is -2.04. The highest BCUT2D eigenvalue weighted by atomic mass is 14.6. The van der Waals surface area contributed by atoms with Gasteiger partial charge in [0.1, 0.15) is 0 Å². The molecule has 0 atom stereocenters. The van der Waals surface area contributed by atoms with Crippen LogP contribution in [-0.4, -0.2) is 9.97 Å². The monoisotopic (exact) mass is 309 g/mol. The summed E-state index contributed by atoms with van der Waals surface area (Å²) in [6.45, 7) is 2.01. The Morgan fingerprint density at radius 1 is 0.708 bits per heavy atom. The molecule has 0 aliphatic rings. The lowest BCUT2D eigenvalue weighted by Crippen LogP contribution is -1.96. The topological polar surface area (TPSA) is 51.8 Å². The van der Waals surface area contributed by atoms with Crippen LogP contribution in [0.25, 0.3) is 0 Å². The molecule has 2 aromatic heterocycles. The van der Waals surface area contributed by atoms with Crippen molar-refractivity contribution < 1.29 is 0 Å². The molecule has 0 fully saturated rings. The third kappa shape index (κ3) is 3.80. The van der Waals surface area contributed by atoms with Gasteiger partial charge in [-0.3, -0.25) is 9.97 Å². The van der Waals surface area contributed by atoms with Crippen LogP contribution in [0, 0.1) is 30.6 Å². The van der Waals surface area contributed by atoms with Crippen molar-refractivity contribution >= 4 is 5.69 Å². The molecule has 0 radical (unpaired) electrons. The summed E-state index contributed by atoms with van der Waals surface area (Å²) < 4.78 is 0. The second-order valence-electron chi connectivity index (χ2n) is 5.25. The Bertz CT molecular complexity index is 891. The first-order chi connectivity index (χ1) is 11.7. The first kappa shape index (κ1) is 15.3.